The van der Waals surface area contributed by atoms with Gasteiger partial charge in [-0.2, -0.15) is 0 Å². The Morgan fingerprint density at radius 1 is 1.30 bits per heavy atom. The number of nitrogens with one attached hydrogen (secondary N) is 1. The third kappa shape index (κ3) is 2.20. The number of methoxy groups -OCH3 is 3. The van der Waals surface area contributed by atoms with Gasteiger partial charge in [0.1, 0.15) is 6.61 Å². The average molecular weight is 379 g/mol. The van der Waals surface area contributed by atoms with E-state index in [0.29, 0.717) is 6.54 Å². The van der Waals surface area contributed by atoms with E-state index in [1.54, 1.807) is 0 Å². The topological polar surface area (TPSA) is 139 Å². The molecular formula is C17H21N3O7. The summed E-state index contributed by atoms with van der Waals surface area (Å²) < 4.78 is 21.2. The normalized spacial score (nSPS) is 33.9. The molecule has 3 N–H and O–H groups in total. The Morgan fingerprint density at radius 3 is 2.63 bits per heavy atom. The Morgan fingerprint density at radius 2 is 2.04 bits per heavy atom. The van der Waals surface area contributed by atoms with Crippen molar-refractivity contribution in [3.8, 4) is 0 Å². The molecule has 2 saturated heterocycles. The van der Waals surface area contributed by atoms with Crippen molar-refractivity contribution < 1.29 is 33.3 Å². The van der Waals surface area contributed by atoms with Crippen LogP contribution in [0.2, 0.25) is 0 Å². The van der Waals surface area contributed by atoms with Crippen molar-refractivity contribution in [3.05, 3.63) is 22.6 Å². The lowest BCUT2D eigenvalue weighted by Gasteiger charge is -2.39. The number of fused-ring (bicyclic) bond motifs is 4. The van der Waals surface area contributed by atoms with Crippen molar-refractivity contribution in [2.45, 2.75) is 17.8 Å². The summed E-state index contributed by atoms with van der Waals surface area (Å²) in [7, 11) is 4.28. The van der Waals surface area contributed by atoms with Crippen LogP contribution in [0.25, 0.3) is 0 Å². The first kappa shape index (κ1) is 18.0. The Labute approximate surface area is 155 Å². The molecule has 4 atom stereocenters. The molecule has 3 heterocycles. The molecule has 0 spiro atoms. The van der Waals surface area contributed by atoms with Crippen LogP contribution in [-0.2, 0) is 28.5 Å². The standard InChI is InChI=1S/C17H21N3O7/c1-24-5-7-12(21)11-10(13(22)14(7)25-2)8(6-27-16(18)23)17(26-3)15-9(19-15)4-20(11)17/h8-9,15,19H,4-6H2,1-3H3,(H2,18,23)/t8-,9?,15?,17-/m1/s1. The highest BCUT2D eigenvalue weighted by Gasteiger charge is 2.73. The van der Waals surface area contributed by atoms with Crippen LogP contribution in [0.5, 0.6) is 0 Å². The van der Waals surface area contributed by atoms with Crippen molar-refractivity contribution >= 4 is 17.7 Å². The molecule has 10 nitrogen and oxygen atoms in total. The predicted molar refractivity (Wildman–Crippen MR) is 89.1 cm³/mol. The number of ketones is 2. The number of primary amides is 1. The number of carbonyl (C=O) groups excluding carboxylic acids is 3. The van der Waals surface area contributed by atoms with Crippen LogP contribution in [-0.4, -0.2) is 81.5 Å². The second-order valence-corrected chi connectivity index (χ2v) is 6.87. The molecule has 2 unspecified atom stereocenters. The maximum absolute atomic E-state index is 13.2. The van der Waals surface area contributed by atoms with Gasteiger partial charge in [0.25, 0.3) is 0 Å². The summed E-state index contributed by atoms with van der Waals surface area (Å²) in [6.45, 7) is 0.275. The summed E-state index contributed by atoms with van der Waals surface area (Å²) in [5, 5.41) is 3.29. The zero-order valence-corrected chi connectivity index (χ0v) is 15.2. The molecular weight excluding hydrogens is 358 g/mol. The van der Waals surface area contributed by atoms with Crippen molar-refractivity contribution in [2.24, 2.45) is 11.7 Å². The van der Waals surface area contributed by atoms with E-state index in [1.165, 1.54) is 21.3 Å². The van der Waals surface area contributed by atoms with Crippen molar-refractivity contribution in [2.75, 3.05) is 41.1 Å². The van der Waals surface area contributed by atoms with Crippen molar-refractivity contribution in [1.82, 2.24) is 10.2 Å². The van der Waals surface area contributed by atoms with E-state index in [-0.39, 0.29) is 53.7 Å². The fourth-order valence-corrected chi connectivity index (χ4v) is 4.69. The molecule has 0 bridgehead atoms. The van der Waals surface area contributed by atoms with E-state index in [9.17, 15) is 14.4 Å². The van der Waals surface area contributed by atoms with Crippen molar-refractivity contribution in [1.29, 1.82) is 0 Å². The number of hydrogen-bond donors (Lipinski definition) is 2. The highest BCUT2D eigenvalue weighted by Crippen LogP contribution is 2.55. The van der Waals surface area contributed by atoms with Crippen LogP contribution >= 0.6 is 0 Å². The summed E-state index contributed by atoms with van der Waals surface area (Å²) in [6, 6.07) is 0.0451. The number of piperazine rings is 1. The second kappa shape index (κ2) is 6.04. The van der Waals surface area contributed by atoms with Gasteiger partial charge in [0.2, 0.25) is 11.6 Å². The monoisotopic (exact) mass is 379 g/mol. The van der Waals surface area contributed by atoms with Gasteiger partial charge in [0, 0.05) is 32.4 Å². The summed E-state index contributed by atoms with van der Waals surface area (Å²) in [5.41, 5.74) is 4.79. The second-order valence-electron chi connectivity index (χ2n) is 6.87. The smallest absolute Gasteiger partial charge is 0.404 e. The van der Waals surface area contributed by atoms with Crippen LogP contribution in [0.4, 0.5) is 4.79 Å². The molecule has 0 aromatic heterocycles. The van der Waals surface area contributed by atoms with Crippen LogP contribution in [0.3, 0.4) is 0 Å². The third-order valence-corrected chi connectivity index (χ3v) is 5.73. The first-order valence-corrected chi connectivity index (χ1v) is 8.53. The number of carbonyl (C=O) groups is 3. The lowest BCUT2D eigenvalue weighted by molar-refractivity contribution is -0.137. The number of nitrogens with two attached hydrogens (primary N) is 1. The van der Waals surface area contributed by atoms with E-state index >= 15 is 0 Å². The van der Waals surface area contributed by atoms with E-state index in [0.717, 1.165) is 0 Å². The molecule has 3 aliphatic heterocycles. The molecule has 27 heavy (non-hydrogen) atoms. The Kier molecular flexibility index (Phi) is 4.02. The molecule has 0 saturated carbocycles. The first-order valence-electron chi connectivity index (χ1n) is 8.53. The van der Waals surface area contributed by atoms with Crippen molar-refractivity contribution in [3.63, 3.8) is 0 Å². The highest BCUT2D eigenvalue weighted by atomic mass is 16.6. The molecule has 10 heteroatoms. The molecule has 1 aliphatic carbocycles. The van der Waals surface area contributed by atoms with Crippen LogP contribution in [0.1, 0.15) is 0 Å². The fourth-order valence-electron chi connectivity index (χ4n) is 4.69. The molecule has 4 aliphatic rings. The molecule has 146 valence electrons. The molecule has 1 amide bonds. The number of ether oxygens (including phenoxy) is 4. The number of rotatable bonds is 6. The molecule has 0 aromatic carbocycles. The van der Waals surface area contributed by atoms with Crippen LogP contribution in [0.15, 0.2) is 22.6 Å². The third-order valence-electron chi connectivity index (χ3n) is 5.73. The van der Waals surface area contributed by atoms with Gasteiger partial charge in [0.15, 0.2) is 11.5 Å². The quantitative estimate of drug-likeness (QED) is 0.424. The number of hydrogen-bond acceptors (Lipinski definition) is 9. The highest BCUT2D eigenvalue weighted by molar-refractivity contribution is 6.25. The molecule has 0 aromatic rings. The minimum absolute atomic E-state index is 0.0497. The van der Waals surface area contributed by atoms with Gasteiger partial charge < -0.3 is 34.9 Å². The first-order chi connectivity index (χ1) is 12.9. The summed E-state index contributed by atoms with van der Waals surface area (Å²) in [6.07, 6.45) is -0.961. The number of amides is 1. The van der Waals surface area contributed by atoms with E-state index in [2.05, 4.69) is 5.32 Å². The van der Waals surface area contributed by atoms with Gasteiger partial charge in [-0.25, -0.2) is 4.79 Å². The summed E-state index contributed by atoms with van der Waals surface area (Å²) in [5.74, 6) is -1.51. The van der Waals surface area contributed by atoms with Gasteiger partial charge in [-0.05, 0) is 0 Å². The summed E-state index contributed by atoms with van der Waals surface area (Å²) in [4.78, 5) is 39.5. The van der Waals surface area contributed by atoms with E-state index < -0.39 is 23.5 Å². The average Bonchev–Trinajstić information content (AvgIpc) is 3.24. The zero-order valence-electron chi connectivity index (χ0n) is 15.2. The minimum atomic E-state index is -1.00. The number of Topliss-reactive ketones (excluding diaryl/α,β-unsaturated/α-hetero) is 2. The largest absolute Gasteiger partial charge is 0.492 e. The Hall–Kier alpha value is -2.43. The summed E-state index contributed by atoms with van der Waals surface area (Å²) >= 11 is 0. The van der Waals surface area contributed by atoms with Crippen LogP contribution in [0, 0.1) is 5.92 Å². The zero-order chi connectivity index (χ0) is 19.5. The predicted octanol–water partition coefficient (Wildman–Crippen LogP) is -1.34. The minimum Gasteiger partial charge on any atom is -0.492 e. The molecule has 0 radical (unpaired) electrons. The van der Waals surface area contributed by atoms with Gasteiger partial charge >= 0.3 is 6.09 Å². The SMILES string of the molecule is COCC1=C(OC)C(=O)C2=C(C1=O)N1CC3NC3[C@]1(OC)[C@@H]2COC(N)=O. The maximum Gasteiger partial charge on any atom is 0.404 e. The molecule has 2 fully saturated rings. The van der Waals surface area contributed by atoms with Crippen LogP contribution < -0.4 is 11.1 Å². The Balaban J connectivity index is 1.83. The van der Waals surface area contributed by atoms with E-state index in [1.807, 2.05) is 4.90 Å². The van der Waals surface area contributed by atoms with Gasteiger partial charge in [-0.15, -0.1) is 0 Å². The van der Waals surface area contributed by atoms with Gasteiger partial charge in [0.05, 0.1) is 36.9 Å². The molecule has 4 rings (SSSR count). The van der Waals surface area contributed by atoms with Gasteiger partial charge in [-0.3, -0.25) is 9.59 Å². The lowest BCUT2D eigenvalue weighted by Crippen LogP contribution is -2.55. The fraction of sp³-hybridized carbons (Fsp3) is 0.588. The number of nitrogens with zero attached hydrogens (tertiary/aromatic N) is 1. The maximum atomic E-state index is 13.2. The van der Waals surface area contributed by atoms with E-state index in [4.69, 9.17) is 24.7 Å². The van der Waals surface area contributed by atoms with Gasteiger partial charge in [-0.1, -0.05) is 0 Å². The lowest BCUT2D eigenvalue weighted by atomic mass is 9.83. The number of allylic oxidation sites excluding steroid dienone is 2. The Bertz CT molecular complexity index is 804.